The highest BCUT2D eigenvalue weighted by Gasteiger charge is 2.44. The van der Waals surface area contributed by atoms with Crippen molar-refractivity contribution in [2.45, 2.75) is 50.5 Å². The Morgan fingerprint density at radius 1 is 1.16 bits per heavy atom. The summed E-state index contributed by atoms with van der Waals surface area (Å²) in [4.78, 5) is 31.9. The molecule has 2 aliphatic rings. The molecule has 32 heavy (non-hydrogen) atoms. The van der Waals surface area contributed by atoms with Gasteiger partial charge in [-0.3, -0.25) is 14.6 Å². The first-order valence-corrected chi connectivity index (χ1v) is 11.7. The molecule has 1 saturated carbocycles. The molecule has 4 rings (SSSR count). The molecule has 6 heteroatoms. The fourth-order valence-electron chi connectivity index (χ4n) is 5.07. The Morgan fingerprint density at radius 3 is 2.69 bits per heavy atom. The summed E-state index contributed by atoms with van der Waals surface area (Å²) < 4.78 is 6.11. The van der Waals surface area contributed by atoms with Gasteiger partial charge in [-0.25, -0.2) is 0 Å². The van der Waals surface area contributed by atoms with E-state index >= 15 is 0 Å². The minimum absolute atomic E-state index is 0.138. The summed E-state index contributed by atoms with van der Waals surface area (Å²) in [5.41, 5.74) is 2.07. The van der Waals surface area contributed by atoms with Gasteiger partial charge in [-0.05, 0) is 41.2 Å². The molecule has 2 aromatic rings. The number of aromatic nitrogens is 1. The number of pyridine rings is 1. The third kappa shape index (κ3) is 5.18. The van der Waals surface area contributed by atoms with Crippen LogP contribution in [0.2, 0.25) is 0 Å². The van der Waals surface area contributed by atoms with Crippen LogP contribution >= 0.6 is 0 Å². The maximum atomic E-state index is 13.0. The summed E-state index contributed by atoms with van der Waals surface area (Å²) >= 11 is 0. The van der Waals surface area contributed by atoms with Crippen LogP contribution in [0.1, 0.15) is 44.1 Å². The lowest BCUT2D eigenvalue weighted by atomic mass is 9.89. The van der Waals surface area contributed by atoms with Gasteiger partial charge in [0.25, 0.3) is 5.91 Å². The molecule has 1 unspecified atom stereocenters. The maximum Gasteiger partial charge on any atom is 0.254 e. The first kappa shape index (κ1) is 22.5. The number of hydrogen-bond acceptors (Lipinski definition) is 4. The van der Waals surface area contributed by atoms with Crippen molar-refractivity contribution in [3.05, 3.63) is 54.4 Å². The molecule has 1 aromatic heterocycles. The van der Waals surface area contributed by atoms with Crippen LogP contribution in [0.3, 0.4) is 0 Å². The highest BCUT2D eigenvalue weighted by Crippen LogP contribution is 2.30. The summed E-state index contributed by atoms with van der Waals surface area (Å²) in [7, 11) is 1.63. The highest BCUT2D eigenvalue weighted by atomic mass is 16.5. The van der Waals surface area contributed by atoms with Crippen molar-refractivity contribution in [3.8, 4) is 11.1 Å². The number of morpholine rings is 1. The van der Waals surface area contributed by atoms with Gasteiger partial charge in [-0.2, -0.15) is 0 Å². The normalized spacial score (nSPS) is 21.5. The van der Waals surface area contributed by atoms with Gasteiger partial charge < -0.3 is 15.0 Å². The second kappa shape index (κ2) is 10.3. The van der Waals surface area contributed by atoms with Gasteiger partial charge in [0.15, 0.2) is 5.60 Å². The van der Waals surface area contributed by atoms with E-state index in [1.54, 1.807) is 19.4 Å². The molecule has 170 valence electrons. The lowest BCUT2D eigenvalue weighted by molar-refractivity contribution is -0.165. The van der Waals surface area contributed by atoms with Crippen molar-refractivity contribution < 1.29 is 14.3 Å². The van der Waals surface area contributed by atoms with Crippen molar-refractivity contribution in [1.82, 2.24) is 15.2 Å². The Hall–Kier alpha value is -2.73. The molecule has 1 aliphatic carbocycles. The zero-order chi connectivity index (χ0) is 22.4. The number of nitrogens with one attached hydrogen (secondary N) is 1. The lowest BCUT2D eigenvalue weighted by Crippen LogP contribution is -2.61. The van der Waals surface area contributed by atoms with E-state index in [0.29, 0.717) is 31.9 Å². The van der Waals surface area contributed by atoms with E-state index in [1.807, 2.05) is 35.2 Å². The number of carbonyl (C=O) groups is 2. The number of ether oxygens (including phenoxy) is 1. The van der Waals surface area contributed by atoms with Gasteiger partial charge in [0.05, 0.1) is 13.2 Å². The van der Waals surface area contributed by atoms with Crippen molar-refractivity contribution in [2.75, 3.05) is 26.7 Å². The molecule has 1 N–H and O–H groups in total. The van der Waals surface area contributed by atoms with Crippen LogP contribution in [0.25, 0.3) is 11.1 Å². The van der Waals surface area contributed by atoms with Gasteiger partial charge in [0.2, 0.25) is 5.91 Å². The minimum atomic E-state index is -1.08. The first-order valence-electron chi connectivity index (χ1n) is 11.7. The van der Waals surface area contributed by atoms with E-state index in [2.05, 4.69) is 16.4 Å². The quantitative estimate of drug-likeness (QED) is 0.721. The number of rotatable bonds is 7. The average Bonchev–Trinajstić information content (AvgIpc) is 3.36. The topological polar surface area (TPSA) is 71.5 Å². The highest BCUT2D eigenvalue weighted by molar-refractivity contribution is 5.87. The molecule has 0 bridgehead atoms. The lowest BCUT2D eigenvalue weighted by Gasteiger charge is -2.41. The third-order valence-electron chi connectivity index (χ3n) is 6.85. The van der Waals surface area contributed by atoms with Gasteiger partial charge >= 0.3 is 0 Å². The summed E-state index contributed by atoms with van der Waals surface area (Å²) in [6, 6.07) is 12.1. The van der Waals surface area contributed by atoms with Crippen molar-refractivity contribution in [1.29, 1.82) is 0 Å². The van der Waals surface area contributed by atoms with Gasteiger partial charge in [-0.15, -0.1) is 0 Å². The number of carbonyl (C=O) groups excluding carboxylic acids is 2. The van der Waals surface area contributed by atoms with E-state index in [4.69, 9.17) is 4.74 Å². The zero-order valence-corrected chi connectivity index (χ0v) is 18.9. The van der Waals surface area contributed by atoms with E-state index in [-0.39, 0.29) is 18.4 Å². The van der Waals surface area contributed by atoms with E-state index < -0.39 is 5.60 Å². The molecular formula is C26H33N3O3. The maximum absolute atomic E-state index is 13.0. The van der Waals surface area contributed by atoms with E-state index in [1.165, 1.54) is 25.7 Å². The van der Waals surface area contributed by atoms with Gasteiger partial charge in [0, 0.05) is 38.8 Å². The summed E-state index contributed by atoms with van der Waals surface area (Å²) in [6.07, 6.45) is 10.5. The Morgan fingerprint density at radius 2 is 1.94 bits per heavy atom. The van der Waals surface area contributed by atoms with Crippen LogP contribution in [-0.4, -0.2) is 54.0 Å². The summed E-state index contributed by atoms with van der Waals surface area (Å²) in [5.74, 6) is 0.638. The van der Waals surface area contributed by atoms with E-state index in [9.17, 15) is 9.59 Å². The van der Waals surface area contributed by atoms with Crippen LogP contribution in [0.15, 0.2) is 48.8 Å². The monoisotopic (exact) mass is 435 g/mol. The Bertz CT molecular complexity index is 927. The average molecular weight is 436 g/mol. The van der Waals surface area contributed by atoms with Crippen LogP contribution in [0.4, 0.5) is 0 Å². The second-order valence-electron chi connectivity index (χ2n) is 9.04. The number of hydrogen-bond donors (Lipinski definition) is 1. The van der Waals surface area contributed by atoms with Crippen molar-refractivity contribution in [3.63, 3.8) is 0 Å². The van der Waals surface area contributed by atoms with Crippen LogP contribution in [0.5, 0.6) is 0 Å². The fourth-order valence-corrected chi connectivity index (χ4v) is 5.07. The number of benzene rings is 1. The van der Waals surface area contributed by atoms with Gasteiger partial charge in [-0.1, -0.05) is 49.9 Å². The standard InChI is InChI=1S/C26H33N3O3/c1-27-25(31)26(18-21-7-4-8-23(17-21)22-11-13-28-14-12-22)19-29(15-16-32-26)24(30)10-9-20-5-2-3-6-20/h4,7-8,11-14,17,20H,2-3,5-6,9-10,15-16,18-19H2,1H3,(H,27,31). The largest absolute Gasteiger partial charge is 0.361 e. The van der Waals surface area contributed by atoms with Crippen molar-refractivity contribution in [2.24, 2.45) is 5.92 Å². The number of amides is 2. The molecule has 1 atom stereocenters. The first-order chi connectivity index (χ1) is 15.6. The van der Waals surface area contributed by atoms with Crippen LogP contribution in [-0.2, 0) is 20.7 Å². The molecule has 2 heterocycles. The Kier molecular flexibility index (Phi) is 7.20. The van der Waals surface area contributed by atoms with Gasteiger partial charge in [0.1, 0.15) is 0 Å². The number of likely N-dealkylation sites (N-methyl/N-ethyl adjacent to an activating group) is 1. The molecule has 1 aromatic carbocycles. The van der Waals surface area contributed by atoms with Crippen LogP contribution < -0.4 is 5.32 Å². The van der Waals surface area contributed by atoms with E-state index in [0.717, 1.165) is 23.1 Å². The SMILES string of the molecule is CNC(=O)C1(Cc2cccc(-c3ccncc3)c2)CN(C(=O)CCC2CCCC2)CCO1. The predicted molar refractivity (Wildman–Crippen MR) is 124 cm³/mol. The summed E-state index contributed by atoms with van der Waals surface area (Å²) in [6.45, 7) is 1.20. The number of nitrogens with zero attached hydrogens (tertiary/aromatic N) is 2. The molecule has 0 spiro atoms. The molecular weight excluding hydrogens is 402 g/mol. The Labute approximate surface area is 190 Å². The molecule has 1 aliphatic heterocycles. The fraction of sp³-hybridized carbons (Fsp3) is 0.500. The predicted octanol–water partition coefficient (Wildman–Crippen LogP) is 3.61. The zero-order valence-electron chi connectivity index (χ0n) is 18.9. The third-order valence-corrected chi connectivity index (χ3v) is 6.85. The molecule has 2 amide bonds. The minimum Gasteiger partial charge on any atom is -0.361 e. The molecule has 2 fully saturated rings. The summed E-state index contributed by atoms with van der Waals surface area (Å²) in [5, 5.41) is 2.77. The Balaban J connectivity index is 1.49. The smallest absolute Gasteiger partial charge is 0.254 e. The van der Waals surface area contributed by atoms with Crippen molar-refractivity contribution >= 4 is 11.8 Å². The second-order valence-corrected chi connectivity index (χ2v) is 9.04. The molecule has 6 nitrogen and oxygen atoms in total. The molecule has 0 radical (unpaired) electrons. The van der Waals surface area contributed by atoms with Crippen LogP contribution in [0, 0.1) is 5.92 Å². The molecule has 1 saturated heterocycles.